The smallest absolute Gasteiger partial charge is 0.319 e. The Balaban J connectivity index is 2.39. The van der Waals surface area contributed by atoms with E-state index in [1.54, 1.807) is 32.8 Å². The Labute approximate surface area is 151 Å². The Bertz CT molecular complexity index is 651. The topological polar surface area (TPSA) is 55.8 Å². The first-order chi connectivity index (χ1) is 11.2. The van der Waals surface area contributed by atoms with E-state index in [2.05, 4.69) is 15.9 Å². The van der Waals surface area contributed by atoms with Gasteiger partial charge in [-0.3, -0.25) is 9.59 Å². The van der Waals surface area contributed by atoms with Crippen LogP contribution < -0.4 is 9.64 Å². The monoisotopic (exact) mass is 397 g/mol. The molecule has 0 bridgehead atoms. The maximum atomic E-state index is 12.9. The maximum Gasteiger partial charge on any atom is 0.319 e. The van der Waals surface area contributed by atoms with Crippen LogP contribution in [0, 0.1) is 5.92 Å². The van der Waals surface area contributed by atoms with Gasteiger partial charge in [0, 0.05) is 12.6 Å². The number of anilines is 1. The molecule has 24 heavy (non-hydrogen) atoms. The van der Waals surface area contributed by atoms with Crippen molar-refractivity contribution >= 4 is 33.5 Å². The van der Waals surface area contributed by atoms with E-state index in [9.17, 15) is 9.59 Å². The molecule has 132 valence electrons. The summed E-state index contributed by atoms with van der Waals surface area (Å²) in [7, 11) is 1.59. The zero-order valence-corrected chi connectivity index (χ0v) is 16.4. The first-order valence-corrected chi connectivity index (χ1v) is 8.88. The Morgan fingerprint density at radius 3 is 2.58 bits per heavy atom. The van der Waals surface area contributed by atoms with E-state index in [-0.39, 0.29) is 5.91 Å². The highest BCUT2D eigenvalue weighted by Gasteiger charge is 2.37. The Morgan fingerprint density at radius 1 is 1.38 bits per heavy atom. The maximum absolute atomic E-state index is 12.9. The minimum absolute atomic E-state index is 0.213. The molecule has 5 nitrogen and oxygen atoms in total. The third-order valence-corrected chi connectivity index (χ3v) is 4.54. The number of hydrogen-bond donors (Lipinski definition) is 0. The number of methoxy groups -OCH3 is 1. The molecule has 0 spiro atoms. The van der Waals surface area contributed by atoms with Gasteiger partial charge in [0.25, 0.3) is 0 Å². The summed E-state index contributed by atoms with van der Waals surface area (Å²) in [6.45, 7) is 7.80. The fourth-order valence-corrected chi connectivity index (χ4v) is 3.39. The first kappa shape index (κ1) is 18.8. The van der Waals surface area contributed by atoms with Crippen molar-refractivity contribution in [3.8, 4) is 5.75 Å². The Morgan fingerprint density at radius 2 is 2.04 bits per heavy atom. The van der Waals surface area contributed by atoms with Crippen LogP contribution in [-0.2, 0) is 20.7 Å². The number of aryl methyl sites for hydroxylation is 1. The summed E-state index contributed by atoms with van der Waals surface area (Å²) in [5.74, 6) is -0.781. The highest BCUT2D eigenvalue weighted by Crippen LogP contribution is 2.37. The van der Waals surface area contributed by atoms with Crippen LogP contribution in [0.2, 0.25) is 0 Å². The van der Waals surface area contributed by atoms with Gasteiger partial charge in [-0.25, -0.2) is 0 Å². The van der Waals surface area contributed by atoms with Gasteiger partial charge in [-0.15, -0.1) is 0 Å². The van der Waals surface area contributed by atoms with Gasteiger partial charge >= 0.3 is 5.97 Å². The Hall–Kier alpha value is -1.56. The van der Waals surface area contributed by atoms with Crippen molar-refractivity contribution < 1.29 is 19.1 Å². The van der Waals surface area contributed by atoms with Crippen molar-refractivity contribution in [3.05, 3.63) is 22.2 Å². The lowest BCUT2D eigenvalue weighted by Gasteiger charge is -2.26. The van der Waals surface area contributed by atoms with E-state index >= 15 is 0 Å². The van der Waals surface area contributed by atoms with Crippen LogP contribution in [0.3, 0.4) is 0 Å². The van der Waals surface area contributed by atoms with Crippen molar-refractivity contribution in [2.45, 2.75) is 46.1 Å². The van der Waals surface area contributed by atoms with Gasteiger partial charge in [-0.2, -0.15) is 0 Å². The largest absolute Gasteiger partial charge is 0.495 e. The molecular formula is C18H24BrNO4. The number of nitrogens with zero attached hydrogens (tertiary/aromatic N) is 1. The van der Waals surface area contributed by atoms with Crippen LogP contribution in [0.15, 0.2) is 16.6 Å². The number of carbonyl (C=O) groups excluding carboxylic acids is 2. The number of fused-ring (bicyclic) bond motifs is 1. The van der Waals surface area contributed by atoms with Crippen LogP contribution in [0.4, 0.5) is 5.69 Å². The molecule has 1 aliphatic rings. The lowest BCUT2D eigenvalue weighted by molar-refractivity contribution is -0.162. The van der Waals surface area contributed by atoms with Gasteiger partial charge in [-0.05, 0) is 68.1 Å². The average molecular weight is 398 g/mol. The molecule has 1 aromatic carbocycles. The van der Waals surface area contributed by atoms with Crippen molar-refractivity contribution in [1.29, 1.82) is 0 Å². The second kappa shape index (κ2) is 7.13. The molecule has 0 N–H and O–H groups in total. The summed E-state index contributed by atoms with van der Waals surface area (Å²) < 4.78 is 11.6. The molecule has 2 rings (SSSR count). The summed E-state index contributed by atoms with van der Waals surface area (Å²) >= 11 is 3.48. The molecule has 6 heteroatoms. The molecule has 1 aromatic rings. The van der Waals surface area contributed by atoms with Crippen molar-refractivity contribution in [2.24, 2.45) is 5.92 Å². The highest BCUT2D eigenvalue weighted by atomic mass is 79.9. The predicted octanol–water partition coefficient (Wildman–Crippen LogP) is 3.71. The van der Waals surface area contributed by atoms with Crippen LogP contribution in [0.5, 0.6) is 5.75 Å². The van der Waals surface area contributed by atoms with Gasteiger partial charge in [0.2, 0.25) is 5.91 Å². The highest BCUT2D eigenvalue weighted by molar-refractivity contribution is 9.10. The quantitative estimate of drug-likeness (QED) is 0.575. The first-order valence-electron chi connectivity index (χ1n) is 8.08. The standard InChI is InChI=1S/C18H24BrNO4/c1-6-20-14-10-15(23-5)13(19)9-11(14)7-8-12(16(20)21)17(22)24-18(2,3)4/h9-10,12H,6-8H2,1-5H3/t12-/m1/s1. The lowest BCUT2D eigenvalue weighted by atomic mass is 10.00. The normalized spacial score (nSPS) is 18.0. The van der Waals surface area contributed by atoms with Crippen LogP contribution in [0.1, 0.15) is 39.7 Å². The van der Waals surface area contributed by atoms with E-state index in [1.807, 2.05) is 19.1 Å². The fraction of sp³-hybridized carbons (Fsp3) is 0.556. The SMILES string of the molecule is CCN1C(=O)[C@H](C(=O)OC(C)(C)C)CCc2cc(Br)c(OC)cc21. The summed E-state index contributed by atoms with van der Waals surface area (Å²) in [4.78, 5) is 27.0. The van der Waals surface area contributed by atoms with Gasteiger partial charge in [0.1, 0.15) is 17.3 Å². The molecule has 0 aromatic heterocycles. The zero-order chi connectivity index (χ0) is 18.1. The van der Waals surface area contributed by atoms with Gasteiger partial charge in [0.05, 0.1) is 17.3 Å². The van der Waals surface area contributed by atoms with Crippen molar-refractivity contribution in [2.75, 3.05) is 18.6 Å². The van der Waals surface area contributed by atoms with E-state index in [0.29, 0.717) is 25.1 Å². The van der Waals surface area contributed by atoms with E-state index in [1.165, 1.54) is 0 Å². The number of ether oxygens (including phenoxy) is 2. The summed E-state index contributed by atoms with van der Waals surface area (Å²) in [6, 6.07) is 3.81. The molecule has 1 aliphatic heterocycles. The second-order valence-electron chi connectivity index (χ2n) is 6.82. The van der Waals surface area contributed by atoms with Gasteiger partial charge in [0.15, 0.2) is 0 Å². The van der Waals surface area contributed by atoms with Gasteiger partial charge in [-0.1, -0.05) is 0 Å². The summed E-state index contributed by atoms with van der Waals surface area (Å²) in [5.41, 5.74) is 1.21. The minimum atomic E-state index is -0.777. The molecule has 0 radical (unpaired) electrons. The van der Waals surface area contributed by atoms with Crippen LogP contribution >= 0.6 is 15.9 Å². The number of carbonyl (C=O) groups is 2. The number of hydrogen-bond acceptors (Lipinski definition) is 4. The third kappa shape index (κ3) is 3.91. The third-order valence-electron chi connectivity index (χ3n) is 3.92. The lowest BCUT2D eigenvalue weighted by Crippen LogP contribution is -2.41. The molecule has 0 aliphatic carbocycles. The van der Waals surface area contributed by atoms with Crippen molar-refractivity contribution in [3.63, 3.8) is 0 Å². The average Bonchev–Trinajstić information content (AvgIpc) is 2.60. The summed E-state index contributed by atoms with van der Waals surface area (Å²) in [5, 5.41) is 0. The van der Waals surface area contributed by atoms with Crippen LogP contribution in [-0.4, -0.2) is 31.1 Å². The van der Waals surface area contributed by atoms with Crippen molar-refractivity contribution in [1.82, 2.24) is 0 Å². The molecule has 1 atom stereocenters. The number of benzene rings is 1. The predicted molar refractivity (Wildman–Crippen MR) is 96.4 cm³/mol. The van der Waals surface area contributed by atoms with E-state index in [4.69, 9.17) is 9.47 Å². The fourth-order valence-electron chi connectivity index (χ4n) is 2.84. The van der Waals surface area contributed by atoms with Crippen LogP contribution in [0.25, 0.3) is 0 Å². The number of amides is 1. The van der Waals surface area contributed by atoms with E-state index in [0.717, 1.165) is 15.7 Å². The summed E-state index contributed by atoms with van der Waals surface area (Å²) in [6.07, 6.45) is 1.07. The molecule has 0 unspecified atom stereocenters. The molecule has 1 amide bonds. The van der Waals surface area contributed by atoms with Gasteiger partial charge < -0.3 is 14.4 Å². The molecule has 0 saturated heterocycles. The molecule has 0 saturated carbocycles. The number of halogens is 1. The molecule has 0 fully saturated rings. The molecular weight excluding hydrogens is 374 g/mol. The second-order valence-corrected chi connectivity index (χ2v) is 7.68. The molecule has 1 heterocycles. The Kier molecular flexibility index (Phi) is 5.58. The number of esters is 1. The van der Waals surface area contributed by atoms with E-state index < -0.39 is 17.5 Å². The number of rotatable bonds is 3. The zero-order valence-electron chi connectivity index (χ0n) is 14.8. The minimum Gasteiger partial charge on any atom is -0.495 e.